The van der Waals surface area contributed by atoms with Gasteiger partial charge in [0.2, 0.25) is 0 Å². The Kier molecular flexibility index (Phi) is 2.21. The first-order valence-corrected chi connectivity index (χ1v) is 4.48. The number of nitrogens with one attached hydrogen (secondary N) is 1. The van der Waals surface area contributed by atoms with Crippen LogP contribution in [0.1, 0.15) is 5.56 Å². The zero-order chi connectivity index (χ0) is 10.8. The highest BCUT2D eigenvalue weighted by atomic mass is 16.3. The van der Waals surface area contributed by atoms with Crippen LogP contribution in [0.3, 0.4) is 0 Å². The number of nitrogens with two attached hydrogens (primary N) is 1. The molecular weight excluding hydrogens is 194 g/mol. The van der Waals surface area contributed by atoms with Gasteiger partial charge >= 0.3 is 5.69 Å². The molecule has 0 atom stereocenters. The lowest BCUT2D eigenvalue weighted by Gasteiger charge is -2.05. The Bertz CT molecular complexity index is 527. The average molecular weight is 205 g/mol. The minimum atomic E-state index is -0.211. The summed E-state index contributed by atoms with van der Waals surface area (Å²) in [6.45, 7) is 0.305. The van der Waals surface area contributed by atoms with E-state index in [-0.39, 0.29) is 11.4 Å². The number of anilines is 1. The molecule has 0 radical (unpaired) electrons. The van der Waals surface area contributed by atoms with E-state index in [0.29, 0.717) is 17.8 Å². The molecule has 0 saturated heterocycles. The second-order valence-corrected chi connectivity index (χ2v) is 3.28. The van der Waals surface area contributed by atoms with Crippen LogP contribution in [0.25, 0.3) is 0 Å². The van der Waals surface area contributed by atoms with E-state index in [1.54, 1.807) is 24.5 Å². The van der Waals surface area contributed by atoms with Crippen LogP contribution in [-0.4, -0.2) is 14.7 Å². The molecule has 1 aromatic carbocycles. The second kappa shape index (κ2) is 3.53. The van der Waals surface area contributed by atoms with E-state index >= 15 is 0 Å². The second-order valence-electron chi connectivity index (χ2n) is 3.28. The number of phenolic OH excluding ortho intramolecular Hbond substituents is 1. The molecule has 1 aromatic heterocycles. The molecular formula is C10H11N3O2. The fraction of sp³-hybridized carbons (Fsp3) is 0.100. The third-order valence-electron chi connectivity index (χ3n) is 2.17. The Hall–Kier alpha value is -2.17. The van der Waals surface area contributed by atoms with Gasteiger partial charge in [-0.15, -0.1) is 0 Å². The Morgan fingerprint density at radius 3 is 2.93 bits per heavy atom. The van der Waals surface area contributed by atoms with Crippen molar-refractivity contribution in [3.05, 3.63) is 46.6 Å². The fourth-order valence-electron chi connectivity index (χ4n) is 1.39. The van der Waals surface area contributed by atoms with Crippen molar-refractivity contribution in [3.63, 3.8) is 0 Å². The van der Waals surface area contributed by atoms with E-state index in [0.717, 1.165) is 0 Å². The number of benzene rings is 1. The van der Waals surface area contributed by atoms with Gasteiger partial charge in [0.25, 0.3) is 0 Å². The van der Waals surface area contributed by atoms with Crippen LogP contribution < -0.4 is 11.4 Å². The van der Waals surface area contributed by atoms with Gasteiger partial charge in [0.1, 0.15) is 5.75 Å². The van der Waals surface area contributed by atoms with Crippen molar-refractivity contribution < 1.29 is 5.11 Å². The van der Waals surface area contributed by atoms with Gasteiger partial charge in [0.05, 0.1) is 6.54 Å². The zero-order valence-electron chi connectivity index (χ0n) is 7.97. The number of aromatic amines is 1. The summed E-state index contributed by atoms with van der Waals surface area (Å²) in [6.07, 6.45) is 3.16. The predicted octanol–water partition coefficient (Wildman–Crippen LogP) is 0.512. The summed E-state index contributed by atoms with van der Waals surface area (Å²) in [5, 5.41) is 9.54. The largest absolute Gasteiger partial charge is 0.508 e. The monoisotopic (exact) mass is 205 g/mol. The van der Waals surface area contributed by atoms with Crippen LogP contribution in [-0.2, 0) is 6.54 Å². The average Bonchev–Trinajstić information content (AvgIpc) is 2.58. The van der Waals surface area contributed by atoms with E-state index < -0.39 is 0 Å². The molecule has 78 valence electrons. The molecule has 0 bridgehead atoms. The summed E-state index contributed by atoms with van der Waals surface area (Å²) >= 11 is 0. The number of hydrogen-bond donors (Lipinski definition) is 3. The highest BCUT2D eigenvalue weighted by Gasteiger charge is 2.03. The molecule has 2 aromatic rings. The van der Waals surface area contributed by atoms with Gasteiger partial charge in [-0.1, -0.05) is 0 Å². The lowest BCUT2D eigenvalue weighted by atomic mass is 10.2. The molecule has 0 aliphatic heterocycles. The van der Waals surface area contributed by atoms with Crippen molar-refractivity contribution in [2.24, 2.45) is 0 Å². The number of H-pyrrole nitrogens is 1. The fourth-order valence-corrected chi connectivity index (χ4v) is 1.39. The SMILES string of the molecule is Nc1ccc(O)c(Cn2cc[nH]c2=O)c1. The van der Waals surface area contributed by atoms with E-state index in [4.69, 9.17) is 5.73 Å². The predicted molar refractivity (Wildman–Crippen MR) is 56.7 cm³/mol. The first-order chi connectivity index (χ1) is 7.16. The molecule has 1 heterocycles. The number of hydrogen-bond acceptors (Lipinski definition) is 3. The minimum Gasteiger partial charge on any atom is -0.508 e. The van der Waals surface area contributed by atoms with Gasteiger partial charge in [-0.3, -0.25) is 4.57 Å². The standard InChI is InChI=1S/C10H11N3O2/c11-8-1-2-9(14)7(5-8)6-13-4-3-12-10(13)15/h1-5,14H,6,11H2,(H,12,15). The Morgan fingerprint density at radius 2 is 2.27 bits per heavy atom. The van der Waals surface area contributed by atoms with Gasteiger partial charge in [-0.25, -0.2) is 4.79 Å². The summed E-state index contributed by atoms with van der Waals surface area (Å²) in [5.74, 6) is 0.136. The first kappa shape index (κ1) is 9.39. The maximum atomic E-state index is 11.2. The summed E-state index contributed by atoms with van der Waals surface area (Å²) < 4.78 is 1.45. The summed E-state index contributed by atoms with van der Waals surface area (Å²) in [6, 6.07) is 4.77. The Morgan fingerprint density at radius 1 is 1.47 bits per heavy atom. The van der Waals surface area contributed by atoms with E-state index in [1.165, 1.54) is 10.6 Å². The molecule has 0 spiro atoms. The van der Waals surface area contributed by atoms with E-state index in [2.05, 4.69) is 4.98 Å². The molecule has 0 unspecified atom stereocenters. The van der Waals surface area contributed by atoms with Crippen molar-refractivity contribution in [3.8, 4) is 5.75 Å². The van der Waals surface area contributed by atoms with Crippen LogP contribution in [0.15, 0.2) is 35.4 Å². The van der Waals surface area contributed by atoms with Crippen molar-refractivity contribution in [2.45, 2.75) is 6.54 Å². The zero-order valence-corrected chi connectivity index (χ0v) is 7.97. The van der Waals surface area contributed by atoms with E-state index in [1.807, 2.05) is 0 Å². The van der Waals surface area contributed by atoms with Gasteiger partial charge in [-0.2, -0.15) is 0 Å². The molecule has 0 amide bonds. The number of imidazole rings is 1. The topological polar surface area (TPSA) is 84.0 Å². The maximum absolute atomic E-state index is 11.2. The molecule has 5 nitrogen and oxygen atoms in total. The molecule has 2 rings (SSSR count). The minimum absolute atomic E-state index is 0.136. The molecule has 4 N–H and O–H groups in total. The quantitative estimate of drug-likeness (QED) is 0.493. The Balaban J connectivity index is 2.36. The maximum Gasteiger partial charge on any atom is 0.325 e. The Labute approximate surface area is 85.8 Å². The highest BCUT2D eigenvalue weighted by molar-refractivity contribution is 5.47. The van der Waals surface area contributed by atoms with Crippen LogP contribution in [0.5, 0.6) is 5.75 Å². The van der Waals surface area contributed by atoms with Crippen molar-refractivity contribution in [1.29, 1.82) is 0 Å². The molecule has 0 saturated carbocycles. The highest BCUT2D eigenvalue weighted by Crippen LogP contribution is 2.20. The van der Waals surface area contributed by atoms with Gasteiger partial charge in [0, 0.05) is 23.6 Å². The lowest BCUT2D eigenvalue weighted by Crippen LogP contribution is -2.16. The normalized spacial score (nSPS) is 10.4. The van der Waals surface area contributed by atoms with Crippen LogP contribution >= 0.6 is 0 Å². The van der Waals surface area contributed by atoms with Crippen molar-refractivity contribution in [2.75, 3.05) is 5.73 Å². The molecule has 15 heavy (non-hydrogen) atoms. The number of nitrogen functional groups attached to an aromatic ring is 1. The molecule has 5 heteroatoms. The van der Waals surface area contributed by atoms with Gasteiger partial charge in [0.15, 0.2) is 0 Å². The summed E-state index contributed by atoms with van der Waals surface area (Å²) in [5.41, 5.74) is 6.56. The lowest BCUT2D eigenvalue weighted by molar-refractivity contribution is 0.465. The smallest absolute Gasteiger partial charge is 0.325 e. The van der Waals surface area contributed by atoms with Gasteiger partial charge in [-0.05, 0) is 18.2 Å². The molecule has 0 fully saturated rings. The summed E-state index contributed by atoms with van der Waals surface area (Å²) in [4.78, 5) is 13.7. The van der Waals surface area contributed by atoms with Crippen LogP contribution in [0, 0.1) is 0 Å². The van der Waals surface area contributed by atoms with Gasteiger partial charge < -0.3 is 15.8 Å². The third-order valence-corrected chi connectivity index (χ3v) is 2.17. The number of aromatic nitrogens is 2. The van der Waals surface area contributed by atoms with Crippen molar-refractivity contribution in [1.82, 2.24) is 9.55 Å². The molecule has 0 aliphatic rings. The summed E-state index contributed by atoms with van der Waals surface area (Å²) in [7, 11) is 0. The molecule has 0 aliphatic carbocycles. The number of rotatable bonds is 2. The first-order valence-electron chi connectivity index (χ1n) is 4.48. The van der Waals surface area contributed by atoms with Crippen LogP contribution in [0.4, 0.5) is 5.69 Å². The third kappa shape index (κ3) is 1.85. The number of nitrogens with zero attached hydrogens (tertiary/aromatic N) is 1. The van der Waals surface area contributed by atoms with E-state index in [9.17, 15) is 9.90 Å². The van der Waals surface area contributed by atoms with Crippen LogP contribution in [0.2, 0.25) is 0 Å². The van der Waals surface area contributed by atoms with Crippen molar-refractivity contribution >= 4 is 5.69 Å². The number of aromatic hydroxyl groups is 1. The number of phenols is 1.